The molecule has 0 aliphatic heterocycles. The highest BCUT2D eigenvalue weighted by Gasteiger charge is 2.55. The van der Waals surface area contributed by atoms with Crippen LogP contribution in [0.2, 0.25) is 0 Å². The number of ether oxygens (including phenoxy) is 1. The van der Waals surface area contributed by atoms with E-state index >= 15 is 0 Å². The van der Waals surface area contributed by atoms with Crippen molar-refractivity contribution in [3.63, 3.8) is 0 Å². The molecule has 1 spiro atoms. The molecule has 1 N–H and O–H groups in total. The van der Waals surface area contributed by atoms with Crippen molar-refractivity contribution in [3.8, 4) is 0 Å². The van der Waals surface area contributed by atoms with Crippen LogP contribution >= 0.6 is 0 Å². The van der Waals surface area contributed by atoms with E-state index in [-0.39, 0.29) is 0 Å². The molecule has 106 valence electrons. The van der Waals surface area contributed by atoms with E-state index in [1.165, 1.54) is 32.1 Å². The van der Waals surface area contributed by atoms with Gasteiger partial charge in [-0.15, -0.1) is 0 Å². The molecule has 2 aliphatic rings. The van der Waals surface area contributed by atoms with Crippen LogP contribution in [0.1, 0.15) is 51.2 Å². The molecule has 1 aromatic rings. The van der Waals surface area contributed by atoms with E-state index in [0.717, 1.165) is 25.3 Å². The molecule has 2 aliphatic carbocycles. The summed E-state index contributed by atoms with van der Waals surface area (Å²) in [4.78, 5) is 0. The molecule has 19 heavy (non-hydrogen) atoms. The molecule has 4 heteroatoms. The van der Waals surface area contributed by atoms with Gasteiger partial charge in [0.15, 0.2) is 0 Å². The summed E-state index contributed by atoms with van der Waals surface area (Å²) >= 11 is 0. The molecule has 0 unspecified atom stereocenters. The highest BCUT2D eigenvalue weighted by Crippen LogP contribution is 2.53. The van der Waals surface area contributed by atoms with Crippen LogP contribution in [0.4, 0.5) is 0 Å². The average Bonchev–Trinajstić information content (AvgIpc) is 2.96. The molecule has 0 radical (unpaired) electrons. The van der Waals surface area contributed by atoms with E-state index < -0.39 is 0 Å². The van der Waals surface area contributed by atoms with E-state index in [9.17, 15) is 0 Å². The van der Waals surface area contributed by atoms with Crippen molar-refractivity contribution in [2.24, 2.45) is 5.41 Å². The molecule has 2 saturated carbocycles. The Bertz CT molecular complexity index is 385. The third-order valence-electron chi connectivity index (χ3n) is 4.95. The second-order valence-electron chi connectivity index (χ2n) is 5.89. The van der Waals surface area contributed by atoms with Crippen molar-refractivity contribution in [2.75, 3.05) is 6.61 Å². The van der Waals surface area contributed by atoms with Gasteiger partial charge in [0.05, 0.1) is 18.8 Å². The van der Waals surface area contributed by atoms with Gasteiger partial charge >= 0.3 is 0 Å². The summed E-state index contributed by atoms with van der Waals surface area (Å²) in [6.45, 7) is 3.72. The minimum Gasteiger partial charge on any atom is -0.378 e. The minimum atomic E-state index is 0.383. The first-order chi connectivity index (χ1) is 9.35. The standard InChI is InChI=1S/C15H24N2O2/c1-2-18-14-10-13(15(14)7-4-3-5-8-15)16-11-12-6-9-17-19-12/h6,9,13-14,16H,2-5,7-8,10-11H2,1H3/t13-,14-/m1/s1. The summed E-state index contributed by atoms with van der Waals surface area (Å²) < 4.78 is 11.1. The fourth-order valence-electron chi connectivity index (χ4n) is 3.91. The van der Waals surface area contributed by atoms with Gasteiger partial charge in [0, 0.05) is 24.1 Å². The zero-order chi connectivity index (χ0) is 13.1. The molecule has 2 fully saturated rings. The largest absolute Gasteiger partial charge is 0.378 e. The number of nitrogens with one attached hydrogen (secondary N) is 1. The van der Waals surface area contributed by atoms with E-state index in [4.69, 9.17) is 9.26 Å². The maximum atomic E-state index is 5.96. The van der Waals surface area contributed by atoms with Gasteiger partial charge < -0.3 is 14.6 Å². The lowest BCUT2D eigenvalue weighted by Crippen LogP contribution is -2.64. The first-order valence-electron chi connectivity index (χ1n) is 7.60. The summed E-state index contributed by atoms with van der Waals surface area (Å²) in [7, 11) is 0. The van der Waals surface area contributed by atoms with Gasteiger partial charge in [0.2, 0.25) is 0 Å². The number of rotatable bonds is 5. The van der Waals surface area contributed by atoms with Gasteiger partial charge in [-0.2, -0.15) is 0 Å². The fraction of sp³-hybridized carbons (Fsp3) is 0.800. The van der Waals surface area contributed by atoms with E-state index in [2.05, 4.69) is 17.4 Å². The fourth-order valence-corrected chi connectivity index (χ4v) is 3.91. The first kappa shape index (κ1) is 13.1. The Morgan fingerprint density at radius 2 is 2.26 bits per heavy atom. The molecular formula is C15H24N2O2. The number of aromatic nitrogens is 1. The zero-order valence-corrected chi connectivity index (χ0v) is 11.7. The van der Waals surface area contributed by atoms with Gasteiger partial charge in [0.25, 0.3) is 0 Å². The van der Waals surface area contributed by atoms with Crippen LogP contribution in [0.3, 0.4) is 0 Å². The summed E-state index contributed by atoms with van der Waals surface area (Å²) in [5, 5.41) is 7.41. The lowest BCUT2D eigenvalue weighted by Gasteiger charge is -2.58. The maximum absolute atomic E-state index is 5.96. The number of nitrogens with zero attached hydrogens (tertiary/aromatic N) is 1. The zero-order valence-electron chi connectivity index (χ0n) is 11.7. The Balaban J connectivity index is 1.61. The number of hydrogen-bond acceptors (Lipinski definition) is 4. The Kier molecular flexibility index (Phi) is 3.89. The van der Waals surface area contributed by atoms with Crippen molar-refractivity contribution < 1.29 is 9.26 Å². The van der Waals surface area contributed by atoms with Crippen molar-refractivity contribution >= 4 is 0 Å². The maximum Gasteiger partial charge on any atom is 0.150 e. The quantitative estimate of drug-likeness (QED) is 0.888. The molecule has 1 aromatic heterocycles. The molecule has 0 bridgehead atoms. The van der Waals surface area contributed by atoms with Crippen LogP contribution in [0, 0.1) is 5.41 Å². The highest BCUT2D eigenvalue weighted by molar-refractivity contribution is 5.09. The van der Waals surface area contributed by atoms with Gasteiger partial charge in [-0.3, -0.25) is 0 Å². The van der Waals surface area contributed by atoms with Crippen molar-refractivity contribution in [3.05, 3.63) is 18.0 Å². The molecule has 0 saturated heterocycles. The molecule has 4 nitrogen and oxygen atoms in total. The molecule has 2 atom stereocenters. The van der Waals surface area contributed by atoms with Crippen molar-refractivity contribution in [2.45, 2.75) is 64.1 Å². The Hall–Kier alpha value is -0.870. The molecule has 3 rings (SSSR count). The van der Waals surface area contributed by atoms with Crippen LogP contribution in [0.5, 0.6) is 0 Å². The first-order valence-corrected chi connectivity index (χ1v) is 7.60. The second kappa shape index (κ2) is 5.63. The lowest BCUT2D eigenvalue weighted by atomic mass is 9.55. The smallest absolute Gasteiger partial charge is 0.150 e. The van der Waals surface area contributed by atoms with Crippen molar-refractivity contribution in [1.82, 2.24) is 10.5 Å². The van der Waals surface area contributed by atoms with Crippen LogP contribution in [0.15, 0.2) is 16.8 Å². The van der Waals surface area contributed by atoms with Gasteiger partial charge in [-0.1, -0.05) is 24.4 Å². The minimum absolute atomic E-state index is 0.383. The molecule has 1 heterocycles. The molecule has 0 amide bonds. The Labute approximate surface area is 114 Å². The van der Waals surface area contributed by atoms with Crippen molar-refractivity contribution in [1.29, 1.82) is 0 Å². The van der Waals surface area contributed by atoms with Crippen LogP contribution < -0.4 is 5.32 Å². The van der Waals surface area contributed by atoms with E-state index in [0.29, 0.717) is 17.6 Å². The predicted octanol–water partition coefficient (Wildman–Crippen LogP) is 2.89. The predicted molar refractivity (Wildman–Crippen MR) is 72.7 cm³/mol. The average molecular weight is 264 g/mol. The van der Waals surface area contributed by atoms with Gasteiger partial charge in [-0.25, -0.2) is 0 Å². The summed E-state index contributed by atoms with van der Waals surface area (Å²) in [5.41, 5.74) is 0.383. The van der Waals surface area contributed by atoms with Crippen LogP contribution in [-0.2, 0) is 11.3 Å². The van der Waals surface area contributed by atoms with E-state index in [1.54, 1.807) is 6.20 Å². The third-order valence-corrected chi connectivity index (χ3v) is 4.95. The van der Waals surface area contributed by atoms with E-state index in [1.807, 2.05) is 6.07 Å². The topological polar surface area (TPSA) is 47.3 Å². The summed E-state index contributed by atoms with van der Waals surface area (Å²) in [6.07, 6.45) is 10.0. The molecule has 0 aromatic carbocycles. The Morgan fingerprint density at radius 1 is 1.42 bits per heavy atom. The highest BCUT2D eigenvalue weighted by atomic mass is 16.5. The third kappa shape index (κ3) is 2.43. The monoisotopic (exact) mass is 264 g/mol. The van der Waals surface area contributed by atoms with Crippen LogP contribution in [-0.4, -0.2) is 23.9 Å². The Morgan fingerprint density at radius 3 is 2.95 bits per heavy atom. The normalized spacial score (nSPS) is 29.3. The SMILES string of the molecule is CCO[C@@H]1C[C@@H](NCc2ccno2)C12CCCCC2. The number of hydrogen-bond donors (Lipinski definition) is 1. The van der Waals surface area contributed by atoms with Gasteiger partial charge in [-0.05, 0) is 26.2 Å². The summed E-state index contributed by atoms with van der Waals surface area (Å²) in [6, 6.07) is 2.51. The molecular weight excluding hydrogens is 240 g/mol. The van der Waals surface area contributed by atoms with Gasteiger partial charge in [0.1, 0.15) is 5.76 Å². The lowest BCUT2D eigenvalue weighted by molar-refractivity contribution is -0.150. The van der Waals surface area contributed by atoms with Crippen LogP contribution in [0.25, 0.3) is 0 Å². The summed E-state index contributed by atoms with van der Waals surface area (Å²) in [5.74, 6) is 0.922. The second-order valence-corrected chi connectivity index (χ2v) is 5.89.